The van der Waals surface area contributed by atoms with Crippen LogP contribution in [-0.4, -0.2) is 46.0 Å². The van der Waals surface area contributed by atoms with Gasteiger partial charge >= 0.3 is 11.9 Å². The van der Waals surface area contributed by atoms with Crippen LogP contribution in [0.3, 0.4) is 0 Å². The molecular formula is C28H32N2O6S2. The average Bonchev–Trinajstić information content (AvgIpc) is 3.80. The summed E-state index contributed by atoms with van der Waals surface area (Å²) in [5.41, 5.74) is 0.896. The summed E-state index contributed by atoms with van der Waals surface area (Å²) in [4.78, 5) is 50.2. The second-order valence-electron chi connectivity index (χ2n) is 10.1. The number of hydrogen-bond acceptors (Lipinski definition) is 6. The summed E-state index contributed by atoms with van der Waals surface area (Å²) in [6.45, 7) is 0. The van der Waals surface area contributed by atoms with Crippen molar-refractivity contribution in [3.05, 3.63) is 59.7 Å². The van der Waals surface area contributed by atoms with Crippen LogP contribution in [-0.2, 0) is 9.59 Å². The Morgan fingerprint density at radius 2 is 1.05 bits per heavy atom. The Morgan fingerprint density at radius 1 is 0.684 bits per heavy atom. The number of hydrogen-bond donors (Lipinski definition) is 4. The normalized spacial score (nSPS) is 16.3. The molecule has 2 atom stereocenters. The van der Waals surface area contributed by atoms with Crippen molar-refractivity contribution in [3.8, 4) is 0 Å². The molecular weight excluding hydrogens is 524 g/mol. The van der Waals surface area contributed by atoms with E-state index in [0.29, 0.717) is 45.6 Å². The van der Waals surface area contributed by atoms with Crippen molar-refractivity contribution in [1.82, 2.24) is 10.6 Å². The largest absolute Gasteiger partial charge is 0.481 e. The van der Waals surface area contributed by atoms with Crippen LogP contribution in [0.25, 0.3) is 0 Å². The van der Waals surface area contributed by atoms with Gasteiger partial charge in [0.15, 0.2) is 0 Å². The molecule has 0 aromatic heterocycles. The number of rotatable bonds is 15. The third kappa shape index (κ3) is 8.80. The van der Waals surface area contributed by atoms with Crippen LogP contribution in [0.15, 0.2) is 58.3 Å². The molecule has 2 saturated carbocycles. The highest BCUT2D eigenvalue weighted by atomic mass is 33.1. The van der Waals surface area contributed by atoms with Gasteiger partial charge in [-0.05, 0) is 48.9 Å². The van der Waals surface area contributed by atoms with E-state index in [1.165, 1.54) is 21.6 Å². The van der Waals surface area contributed by atoms with Crippen LogP contribution in [0.1, 0.15) is 72.1 Å². The highest BCUT2D eigenvalue weighted by Gasteiger charge is 2.29. The van der Waals surface area contributed by atoms with Crippen LogP contribution >= 0.6 is 21.6 Å². The van der Waals surface area contributed by atoms with Crippen molar-refractivity contribution in [2.75, 3.05) is 0 Å². The van der Waals surface area contributed by atoms with E-state index in [2.05, 4.69) is 10.6 Å². The Balaban J connectivity index is 1.42. The molecule has 0 radical (unpaired) electrons. The van der Waals surface area contributed by atoms with E-state index in [0.717, 1.165) is 25.7 Å². The van der Waals surface area contributed by atoms with E-state index in [-0.39, 0.29) is 24.7 Å². The van der Waals surface area contributed by atoms with Crippen molar-refractivity contribution < 1.29 is 29.4 Å². The number of aliphatic carboxylic acids is 2. The Morgan fingerprint density at radius 3 is 1.39 bits per heavy atom. The van der Waals surface area contributed by atoms with Gasteiger partial charge in [-0.3, -0.25) is 19.2 Å². The highest BCUT2D eigenvalue weighted by Crippen LogP contribution is 2.41. The van der Waals surface area contributed by atoms with Crippen LogP contribution < -0.4 is 10.6 Å². The highest BCUT2D eigenvalue weighted by molar-refractivity contribution is 8.76. The predicted octanol–water partition coefficient (Wildman–Crippen LogP) is 5.23. The predicted molar refractivity (Wildman–Crippen MR) is 146 cm³/mol. The maximum Gasteiger partial charge on any atom is 0.305 e. The molecule has 38 heavy (non-hydrogen) atoms. The number of benzene rings is 2. The van der Waals surface area contributed by atoms with Gasteiger partial charge in [0, 0.05) is 21.9 Å². The maximum absolute atomic E-state index is 13.1. The first kappa shape index (κ1) is 28.0. The summed E-state index contributed by atoms with van der Waals surface area (Å²) < 4.78 is 0. The number of carboxylic acids is 2. The lowest BCUT2D eigenvalue weighted by Crippen LogP contribution is -2.37. The van der Waals surface area contributed by atoms with E-state index in [1.807, 2.05) is 24.3 Å². The van der Waals surface area contributed by atoms with E-state index >= 15 is 0 Å². The third-order valence-electron chi connectivity index (χ3n) is 6.63. The SMILES string of the molecule is O=C(O)C[C@H](CC1CC1)NC(=O)c1ccccc1SSc1ccccc1C(=O)N[C@H](CC(=O)O)CC1CC1. The zero-order valence-electron chi connectivity index (χ0n) is 20.9. The van der Waals surface area contributed by atoms with Crippen LogP contribution in [0.5, 0.6) is 0 Å². The first-order chi connectivity index (χ1) is 18.3. The standard InChI is InChI=1S/C28H32N2O6S2/c31-25(32)15-19(13-17-9-10-17)29-27(35)21-5-1-3-7-23(21)37-38-24-8-4-2-6-22(24)28(36)30-20(16-26(33)34)14-18-11-12-18/h1-8,17-20H,9-16H2,(H,29,35)(H,30,36)(H,31,32)(H,33,34)/t19-,20-/m0/s1. The lowest BCUT2D eigenvalue weighted by atomic mass is 10.1. The summed E-state index contributed by atoms with van der Waals surface area (Å²) in [5.74, 6) is -1.56. The molecule has 4 rings (SSSR count). The van der Waals surface area contributed by atoms with Crippen molar-refractivity contribution in [2.45, 2.75) is 73.2 Å². The molecule has 2 fully saturated rings. The Kier molecular flexibility index (Phi) is 9.74. The number of carbonyl (C=O) groups is 4. The maximum atomic E-state index is 13.1. The van der Waals surface area contributed by atoms with Crippen molar-refractivity contribution in [2.24, 2.45) is 11.8 Å². The van der Waals surface area contributed by atoms with Gasteiger partial charge in [0.1, 0.15) is 0 Å². The van der Waals surface area contributed by atoms with Gasteiger partial charge in [-0.2, -0.15) is 0 Å². The molecule has 2 amide bonds. The van der Waals surface area contributed by atoms with Gasteiger partial charge in [0.05, 0.1) is 24.0 Å². The van der Waals surface area contributed by atoms with E-state index in [4.69, 9.17) is 0 Å². The first-order valence-electron chi connectivity index (χ1n) is 12.9. The molecule has 2 aliphatic carbocycles. The molecule has 0 aliphatic heterocycles. The zero-order chi connectivity index (χ0) is 27.1. The average molecular weight is 557 g/mol. The number of carbonyl (C=O) groups excluding carboxylic acids is 2. The fourth-order valence-electron chi connectivity index (χ4n) is 4.39. The topological polar surface area (TPSA) is 133 Å². The summed E-state index contributed by atoms with van der Waals surface area (Å²) >= 11 is 0. The monoisotopic (exact) mass is 556 g/mol. The fourth-order valence-corrected chi connectivity index (χ4v) is 6.75. The summed E-state index contributed by atoms with van der Waals surface area (Å²) in [6.07, 6.45) is 5.37. The Labute approximate surface area is 229 Å². The molecule has 0 saturated heterocycles. The Hall–Kier alpha value is -2.98. The van der Waals surface area contributed by atoms with Gasteiger partial charge in [0.25, 0.3) is 11.8 Å². The minimum atomic E-state index is -0.938. The van der Waals surface area contributed by atoms with Gasteiger partial charge in [-0.15, -0.1) is 0 Å². The molecule has 2 aromatic rings. The third-order valence-corrected chi connectivity index (χ3v) is 9.11. The quantitative estimate of drug-likeness (QED) is 0.219. The van der Waals surface area contributed by atoms with Crippen molar-refractivity contribution in [3.63, 3.8) is 0 Å². The first-order valence-corrected chi connectivity index (χ1v) is 15.0. The molecule has 0 spiro atoms. The molecule has 10 heteroatoms. The molecule has 0 unspecified atom stereocenters. The van der Waals surface area contributed by atoms with E-state index in [1.54, 1.807) is 24.3 Å². The number of nitrogens with one attached hydrogen (secondary N) is 2. The summed E-state index contributed by atoms with van der Waals surface area (Å²) in [6, 6.07) is 13.4. The van der Waals surface area contributed by atoms with Crippen LogP contribution in [0, 0.1) is 11.8 Å². The van der Waals surface area contributed by atoms with E-state index < -0.39 is 24.0 Å². The summed E-state index contributed by atoms with van der Waals surface area (Å²) in [7, 11) is 2.69. The van der Waals surface area contributed by atoms with Gasteiger partial charge in [0.2, 0.25) is 0 Å². The van der Waals surface area contributed by atoms with Crippen molar-refractivity contribution in [1.29, 1.82) is 0 Å². The van der Waals surface area contributed by atoms with E-state index in [9.17, 15) is 29.4 Å². The Bertz CT molecular complexity index is 1090. The summed E-state index contributed by atoms with van der Waals surface area (Å²) in [5, 5.41) is 24.3. The molecule has 2 aliphatic rings. The fraction of sp³-hybridized carbons (Fsp3) is 0.429. The van der Waals surface area contributed by atoms with Crippen molar-refractivity contribution >= 4 is 45.3 Å². The molecule has 202 valence electrons. The van der Waals surface area contributed by atoms with Gasteiger partial charge < -0.3 is 20.8 Å². The zero-order valence-corrected chi connectivity index (χ0v) is 22.6. The molecule has 0 bridgehead atoms. The molecule has 2 aromatic carbocycles. The minimum Gasteiger partial charge on any atom is -0.481 e. The minimum absolute atomic E-state index is 0.113. The lowest BCUT2D eigenvalue weighted by molar-refractivity contribution is -0.138. The number of amides is 2. The van der Waals surface area contributed by atoms with Gasteiger partial charge in [-0.25, -0.2) is 0 Å². The molecule has 0 heterocycles. The molecule has 4 N–H and O–H groups in total. The second-order valence-corrected chi connectivity index (χ2v) is 12.3. The number of carboxylic acid groups (broad SMARTS) is 2. The molecule has 8 nitrogen and oxygen atoms in total. The lowest BCUT2D eigenvalue weighted by Gasteiger charge is -2.18. The van der Waals surface area contributed by atoms with Crippen LogP contribution in [0.2, 0.25) is 0 Å². The smallest absolute Gasteiger partial charge is 0.305 e. The second kappa shape index (κ2) is 13.2. The van der Waals surface area contributed by atoms with Gasteiger partial charge in [-0.1, -0.05) is 71.5 Å². The van der Waals surface area contributed by atoms with Crippen LogP contribution in [0.4, 0.5) is 0 Å².